The van der Waals surface area contributed by atoms with Crippen LogP contribution >= 0.6 is 0 Å². The third-order valence-corrected chi connectivity index (χ3v) is 6.85. The molecule has 0 radical (unpaired) electrons. The molecule has 0 unspecified atom stereocenters. The third-order valence-electron chi connectivity index (χ3n) is 6.85. The van der Waals surface area contributed by atoms with E-state index < -0.39 is 32.3 Å². The summed E-state index contributed by atoms with van der Waals surface area (Å²) in [4.78, 5) is 58.3. The number of nitrogens with zero attached hydrogens (tertiary/aromatic N) is 5. The van der Waals surface area contributed by atoms with E-state index in [2.05, 4.69) is 20.9 Å². The SMILES string of the molecule is COc1ccc([N+](=O)[O-])cc1/N=N/c1c(O)c(C(=O)Nc2cccc([N+](=O)[O-])c2)cc2cc(C(=O)Nc3cccc([N+](=O)[O-])c3)ccc12. The maximum Gasteiger partial charge on any atom is 0.271 e. The number of anilines is 2. The summed E-state index contributed by atoms with van der Waals surface area (Å²) in [5, 5.41) is 58.6. The highest BCUT2D eigenvalue weighted by molar-refractivity contribution is 6.13. The number of nitro groups is 3. The lowest BCUT2D eigenvalue weighted by atomic mass is 10.00. The number of carbonyl (C=O) groups excluding carboxylic acids is 2. The summed E-state index contributed by atoms with van der Waals surface area (Å²) in [6.45, 7) is 0. The number of nitrogens with one attached hydrogen (secondary N) is 2. The molecule has 5 aromatic carbocycles. The van der Waals surface area contributed by atoms with E-state index in [0.29, 0.717) is 0 Å². The Morgan fingerprint density at radius 2 is 1.29 bits per heavy atom. The second-order valence-electron chi connectivity index (χ2n) is 9.89. The maximum absolute atomic E-state index is 13.4. The number of fused-ring (bicyclic) bond motifs is 1. The van der Waals surface area contributed by atoms with E-state index in [1.54, 1.807) is 0 Å². The van der Waals surface area contributed by atoms with Crippen LogP contribution in [0.5, 0.6) is 11.5 Å². The molecule has 0 spiro atoms. The third kappa shape index (κ3) is 6.84. The molecule has 0 atom stereocenters. The smallest absolute Gasteiger partial charge is 0.271 e. The summed E-state index contributed by atoms with van der Waals surface area (Å²) in [7, 11) is 1.31. The highest BCUT2D eigenvalue weighted by atomic mass is 16.6. The number of azo groups is 1. The monoisotopic (exact) mass is 651 g/mol. The number of methoxy groups -OCH3 is 1. The van der Waals surface area contributed by atoms with Gasteiger partial charge in [-0.2, -0.15) is 0 Å². The van der Waals surface area contributed by atoms with Crippen LogP contribution in [-0.2, 0) is 0 Å². The van der Waals surface area contributed by atoms with Crippen molar-refractivity contribution in [3.8, 4) is 11.5 Å². The molecule has 0 saturated carbocycles. The van der Waals surface area contributed by atoms with Crippen molar-refractivity contribution < 1.29 is 34.2 Å². The summed E-state index contributed by atoms with van der Waals surface area (Å²) in [5.74, 6) is -2.09. The van der Waals surface area contributed by atoms with Gasteiger partial charge in [-0.3, -0.25) is 39.9 Å². The zero-order chi connectivity index (χ0) is 34.5. The molecular weight excluding hydrogens is 630 g/mol. The fourth-order valence-corrected chi connectivity index (χ4v) is 4.56. The second-order valence-corrected chi connectivity index (χ2v) is 9.89. The number of hydrogen-bond donors (Lipinski definition) is 3. The van der Waals surface area contributed by atoms with E-state index in [4.69, 9.17) is 4.74 Å². The molecular formula is C31H21N7O10. The summed E-state index contributed by atoms with van der Waals surface area (Å²) < 4.78 is 5.22. The van der Waals surface area contributed by atoms with Crippen LogP contribution in [0.1, 0.15) is 20.7 Å². The van der Waals surface area contributed by atoms with Gasteiger partial charge in [0.25, 0.3) is 28.9 Å². The number of hydrogen-bond acceptors (Lipinski definition) is 12. The number of phenols is 1. The molecule has 0 fully saturated rings. The summed E-state index contributed by atoms with van der Waals surface area (Å²) in [6.07, 6.45) is 0. The average molecular weight is 652 g/mol. The second kappa shape index (κ2) is 13.4. The molecule has 17 heteroatoms. The van der Waals surface area contributed by atoms with Crippen LogP contribution in [0.2, 0.25) is 0 Å². The highest BCUT2D eigenvalue weighted by Crippen LogP contribution is 2.41. The van der Waals surface area contributed by atoms with Gasteiger partial charge >= 0.3 is 0 Å². The van der Waals surface area contributed by atoms with Crippen LogP contribution in [0.4, 0.5) is 39.8 Å². The van der Waals surface area contributed by atoms with Gasteiger partial charge in [-0.05, 0) is 41.8 Å². The minimum atomic E-state index is -0.897. The van der Waals surface area contributed by atoms with Crippen LogP contribution in [0.3, 0.4) is 0 Å². The van der Waals surface area contributed by atoms with E-state index >= 15 is 0 Å². The lowest BCUT2D eigenvalue weighted by molar-refractivity contribution is -0.385. The predicted octanol–water partition coefficient (Wildman–Crippen LogP) is 7.20. The van der Waals surface area contributed by atoms with Crippen molar-refractivity contribution in [3.05, 3.63) is 132 Å². The molecule has 240 valence electrons. The van der Waals surface area contributed by atoms with Gasteiger partial charge in [-0.1, -0.05) is 18.2 Å². The first kappa shape index (κ1) is 32.1. The number of benzene rings is 5. The van der Waals surface area contributed by atoms with Gasteiger partial charge in [-0.15, -0.1) is 10.2 Å². The molecule has 0 bridgehead atoms. The van der Waals surface area contributed by atoms with Crippen molar-refractivity contribution in [2.45, 2.75) is 0 Å². The van der Waals surface area contributed by atoms with Gasteiger partial charge in [0.15, 0.2) is 5.75 Å². The molecule has 0 aliphatic heterocycles. The minimum absolute atomic E-state index is 0.0447. The topological polar surface area (TPSA) is 242 Å². The van der Waals surface area contributed by atoms with E-state index in [0.717, 1.165) is 12.1 Å². The first-order valence-corrected chi connectivity index (χ1v) is 13.6. The number of phenolic OH excluding ortho intramolecular Hbond substituents is 1. The van der Waals surface area contributed by atoms with E-state index in [9.17, 15) is 45.0 Å². The lowest BCUT2D eigenvalue weighted by Gasteiger charge is -2.13. The Hall–Kier alpha value is -7.30. The number of rotatable bonds is 10. The average Bonchev–Trinajstić information content (AvgIpc) is 3.07. The van der Waals surface area contributed by atoms with Crippen LogP contribution in [0.25, 0.3) is 10.8 Å². The number of carbonyl (C=O) groups is 2. The molecule has 2 amide bonds. The standard InChI is InChI=1S/C31H21N7O10/c1-48-27-11-9-23(38(46)47)16-26(27)34-35-28-24-10-8-17(30(40)32-19-4-2-6-21(14-19)36(42)43)12-18(24)13-25(29(28)39)31(41)33-20-5-3-7-22(15-20)37(44)45/h2-16,39H,1H3,(H,32,40)(H,33,41)/b35-34+. The Morgan fingerprint density at radius 1 is 0.708 bits per heavy atom. The Bertz CT molecular complexity index is 2190. The van der Waals surface area contributed by atoms with Crippen molar-refractivity contribution in [1.29, 1.82) is 0 Å². The van der Waals surface area contributed by atoms with Crippen LogP contribution in [0, 0.1) is 30.3 Å². The number of ether oxygens (including phenoxy) is 1. The maximum atomic E-state index is 13.4. The Kier molecular flexibility index (Phi) is 8.94. The van der Waals surface area contributed by atoms with Crippen LogP contribution in [0.15, 0.2) is 101 Å². The van der Waals surface area contributed by atoms with Crippen molar-refractivity contribution in [1.82, 2.24) is 0 Å². The Balaban J connectivity index is 1.60. The number of aromatic hydroxyl groups is 1. The predicted molar refractivity (Wildman–Crippen MR) is 172 cm³/mol. The molecule has 0 aromatic heterocycles. The number of amides is 2. The molecule has 17 nitrogen and oxygen atoms in total. The molecule has 5 aromatic rings. The molecule has 0 heterocycles. The first-order chi connectivity index (χ1) is 22.9. The number of non-ortho nitro benzene ring substituents is 3. The fraction of sp³-hybridized carbons (Fsp3) is 0.0323. The normalized spacial score (nSPS) is 10.9. The van der Waals surface area contributed by atoms with Gasteiger partial charge in [0, 0.05) is 58.7 Å². The summed E-state index contributed by atoms with van der Waals surface area (Å²) in [5.41, 5.74) is -1.27. The first-order valence-electron chi connectivity index (χ1n) is 13.6. The van der Waals surface area contributed by atoms with Gasteiger partial charge < -0.3 is 20.5 Å². The molecule has 48 heavy (non-hydrogen) atoms. The molecule has 0 aliphatic rings. The van der Waals surface area contributed by atoms with Crippen molar-refractivity contribution in [2.24, 2.45) is 10.2 Å². The van der Waals surface area contributed by atoms with Crippen molar-refractivity contribution in [2.75, 3.05) is 17.7 Å². The van der Waals surface area contributed by atoms with Gasteiger partial charge in [-0.25, -0.2) is 0 Å². The van der Waals surface area contributed by atoms with E-state index in [-0.39, 0.29) is 67.5 Å². The largest absolute Gasteiger partial charge is 0.505 e. The Morgan fingerprint density at radius 3 is 1.88 bits per heavy atom. The van der Waals surface area contributed by atoms with Gasteiger partial charge in [0.1, 0.15) is 17.1 Å². The summed E-state index contributed by atoms with van der Waals surface area (Å²) in [6, 6.07) is 19.4. The van der Waals surface area contributed by atoms with Crippen LogP contribution < -0.4 is 15.4 Å². The van der Waals surface area contributed by atoms with Crippen molar-refractivity contribution >= 4 is 62.4 Å². The Labute approximate surface area is 268 Å². The highest BCUT2D eigenvalue weighted by Gasteiger charge is 2.21. The lowest BCUT2D eigenvalue weighted by Crippen LogP contribution is -2.13. The zero-order valence-corrected chi connectivity index (χ0v) is 24.5. The molecule has 5 rings (SSSR count). The summed E-state index contributed by atoms with van der Waals surface area (Å²) >= 11 is 0. The fourth-order valence-electron chi connectivity index (χ4n) is 4.56. The van der Waals surface area contributed by atoms with E-state index in [1.165, 1.54) is 86.0 Å². The molecule has 0 saturated heterocycles. The minimum Gasteiger partial charge on any atom is -0.505 e. The van der Waals surface area contributed by atoms with Crippen molar-refractivity contribution in [3.63, 3.8) is 0 Å². The number of nitro benzene ring substituents is 3. The van der Waals surface area contributed by atoms with Gasteiger partial charge in [0.05, 0.1) is 27.4 Å². The van der Waals surface area contributed by atoms with E-state index in [1.807, 2.05) is 0 Å². The zero-order valence-electron chi connectivity index (χ0n) is 24.5. The quantitative estimate of drug-likeness (QED) is 0.0778. The van der Waals surface area contributed by atoms with Crippen LogP contribution in [-0.4, -0.2) is 38.8 Å². The van der Waals surface area contributed by atoms with Gasteiger partial charge in [0.2, 0.25) is 0 Å². The molecule has 3 N–H and O–H groups in total. The molecule has 0 aliphatic carbocycles.